The Hall–Kier alpha value is -1.63. The first-order valence-corrected chi connectivity index (χ1v) is 7.59. The number of hydrogen-bond donors (Lipinski definition) is 2. The molecule has 1 aliphatic rings. The summed E-state index contributed by atoms with van der Waals surface area (Å²) in [5, 5.41) is 11.7. The molecule has 1 unspecified atom stereocenters. The molecule has 0 saturated carbocycles. The minimum absolute atomic E-state index is 0.0462. The lowest BCUT2D eigenvalue weighted by molar-refractivity contribution is -0.146. The summed E-state index contributed by atoms with van der Waals surface area (Å²) in [6.07, 6.45) is 0.727. The van der Waals surface area contributed by atoms with Crippen LogP contribution in [-0.2, 0) is 19.1 Å². The summed E-state index contributed by atoms with van der Waals surface area (Å²) < 4.78 is 5.24. The average molecular weight is 314 g/mol. The molecule has 0 bridgehead atoms. The van der Waals surface area contributed by atoms with E-state index in [9.17, 15) is 14.4 Å². The van der Waals surface area contributed by atoms with Gasteiger partial charge in [-0.25, -0.2) is 0 Å². The van der Waals surface area contributed by atoms with Crippen LogP contribution in [0.15, 0.2) is 0 Å². The number of morpholine rings is 1. The molecule has 0 spiro atoms. The molecule has 7 nitrogen and oxygen atoms in total. The van der Waals surface area contributed by atoms with Gasteiger partial charge in [0.1, 0.15) is 0 Å². The first kappa shape index (κ1) is 18.4. The smallest absolute Gasteiger partial charge is 0.305 e. The van der Waals surface area contributed by atoms with E-state index in [2.05, 4.69) is 5.32 Å². The summed E-state index contributed by atoms with van der Waals surface area (Å²) in [7, 11) is 0. The van der Waals surface area contributed by atoms with E-state index in [1.807, 2.05) is 20.8 Å². The van der Waals surface area contributed by atoms with Crippen LogP contribution in [0.3, 0.4) is 0 Å². The van der Waals surface area contributed by atoms with Crippen molar-refractivity contribution in [1.29, 1.82) is 0 Å². The second-order valence-electron chi connectivity index (χ2n) is 6.52. The van der Waals surface area contributed by atoms with Crippen LogP contribution in [-0.4, -0.2) is 60.1 Å². The molecule has 0 aromatic heterocycles. The Morgan fingerprint density at radius 2 is 2.00 bits per heavy atom. The van der Waals surface area contributed by atoms with Gasteiger partial charge in [0.25, 0.3) is 0 Å². The Balaban J connectivity index is 2.37. The molecule has 1 heterocycles. The summed E-state index contributed by atoms with van der Waals surface area (Å²) >= 11 is 0. The summed E-state index contributed by atoms with van der Waals surface area (Å²) in [5.74, 6) is -1.07. The van der Waals surface area contributed by atoms with Crippen LogP contribution in [0.2, 0.25) is 0 Å². The second kappa shape index (κ2) is 8.12. The van der Waals surface area contributed by atoms with Gasteiger partial charge in [-0.05, 0) is 6.42 Å². The summed E-state index contributed by atoms with van der Waals surface area (Å²) in [6.45, 7) is 7.05. The lowest BCUT2D eigenvalue weighted by atomic mass is 9.96. The molecule has 0 aliphatic carbocycles. The van der Waals surface area contributed by atoms with Crippen molar-refractivity contribution >= 4 is 17.8 Å². The summed E-state index contributed by atoms with van der Waals surface area (Å²) in [6, 6.07) is -0.400. The predicted molar refractivity (Wildman–Crippen MR) is 80.3 cm³/mol. The van der Waals surface area contributed by atoms with Gasteiger partial charge in [0.2, 0.25) is 11.8 Å². The highest BCUT2D eigenvalue weighted by molar-refractivity contribution is 5.81. The molecule has 0 aromatic rings. The predicted octanol–water partition coefficient (Wildman–Crippen LogP) is 0.631. The van der Waals surface area contributed by atoms with Gasteiger partial charge in [-0.3, -0.25) is 14.4 Å². The highest BCUT2D eigenvalue weighted by Gasteiger charge is 2.28. The Bertz CT molecular complexity index is 417. The fourth-order valence-electron chi connectivity index (χ4n) is 2.20. The van der Waals surface area contributed by atoms with Crippen LogP contribution in [0.25, 0.3) is 0 Å². The molecule has 1 rings (SSSR count). The molecule has 1 saturated heterocycles. The molecule has 1 aliphatic heterocycles. The van der Waals surface area contributed by atoms with E-state index in [1.54, 1.807) is 4.90 Å². The van der Waals surface area contributed by atoms with Crippen molar-refractivity contribution in [3.05, 3.63) is 0 Å². The number of carboxylic acid groups (broad SMARTS) is 1. The van der Waals surface area contributed by atoms with Gasteiger partial charge in [0.05, 0.1) is 25.7 Å². The largest absolute Gasteiger partial charge is 0.481 e. The normalized spacial score (nSPS) is 18.9. The van der Waals surface area contributed by atoms with Gasteiger partial charge in [-0.15, -0.1) is 0 Å². The number of carbonyl (C=O) groups is 3. The minimum Gasteiger partial charge on any atom is -0.481 e. The van der Waals surface area contributed by atoms with Crippen molar-refractivity contribution in [3.8, 4) is 0 Å². The Labute approximate surface area is 131 Å². The standard InChI is InChI=1S/C15H26N2O5/c1-15(2,3)14(21)16-6-4-5-12(18)17-7-8-22-10-11(17)9-13(19)20/h11H,4-10H2,1-3H3,(H,16,21)(H,19,20). The van der Waals surface area contributed by atoms with Crippen molar-refractivity contribution < 1.29 is 24.2 Å². The third-order valence-corrected chi connectivity index (χ3v) is 3.49. The van der Waals surface area contributed by atoms with Crippen molar-refractivity contribution in [1.82, 2.24) is 10.2 Å². The summed E-state index contributed by atoms with van der Waals surface area (Å²) in [5.41, 5.74) is -0.444. The van der Waals surface area contributed by atoms with E-state index in [4.69, 9.17) is 9.84 Å². The molecule has 2 amide bonds. The highest BCUT2D eigenvalue weighted by Crippen LogP contribution is 2.14. The molecule has 1 atom stereocenters. The number of hydrogen-bond acceptors (Lipinski definition) is 4. The zero-order chi connectivity index (χ0) is 16.8. The van der Waals surface area contributed by atoms with Crippen LogP contribution in [0.5, 0.6) is 0 Å². The molecular formula is C15H26N2O5. The second-order valence-corrected chi connectivity index (χ2v) is 6.52. The molecular weight excluding hydrogens is 288 g/mol. The van der Waals surface area contributed by atoms with Crippen molar-refractivity contribution in [2.24, 2.45) is 5.41 Å². The maximum atomic E-state index is 12.2. The Morgan fingerprint density at radius 1 is 1.32 bits per heavy atom. The lowest BCUT2D eigenvalue weighted by Crippen LogP contribution is -2.49. The Kier molecular flexibility index (Phi) is 6.80. The van der Waals surface area contributed by atoms with Gasteiger partial charge >= 0.3 is 5.97 Å². The van der Waals surface area contributed by atoms with Crippen molar-refractivity contribution in [3.63, 3.8) is 0 Å². The number of carbonyl (C=O) groups excluding carboxylic acids is 2. The average Bonchev–Trinajstić information content (AvgIpc) is 2.42. The van der Waals surface area contributed by atoms with Crippen LogP contribution in [0.4, 0.5) is 0 Å². The van der Waals surface area contributed by atoms with Gasteiger partial charge in [0.15, 0.2) is 0 Å². The van der Waals surface area contributed by atoms with Crippen LogP contribution in [0.1, 0.15) is 40.0 Å². The molecule has 1 fully saturated rings. The van der Waals surface area contributed by atoms with Crippen molar-refractivity contribution in [2.45, 2.75) is 46.1 Å². The molecule has 2 N–H and O–H groups in total. The SMILES string of the molecule is CC(C)(C)C(=O)NCCCC(=O)N1CCOCC1CC(=O)O. The number of nitrogens with one attached hydrogen (secondary N) is 1. The maximum absolute atomic E-state index is 12.2. The lowest BCUT2D eigenvalue weighted by Gasteiger charge is -2.35. The van der Waals surface area contributed by atoms with Gasteiger partial charge in [-0.1, -0.05) is 20.8 Å². The number of amides is 2. The molecule has 22 heavy (non-hydrogen) atoms. The third kappa shape index (κ3) is 6.01. The number of aliphatic carboxylic acids is 1. The minimum atomic E-state index is -0.939. The fraction of sp³-hybridized carbons (Fsp3) is 0.800. The highest BCUT2D eigenvalue weighted by atomic mass is 16.5. The summed E-state index contributed by atoms with van der Waals surface area (Å²) in [4.78, 5) is 36.3. The molecule has 0 aromatic carbocycles. The van der Waals surface area contributed by atoms with Gasteiger partial charge in [0, 0.05) is 24.9 Å². The van der Waals surface area contributed by atoms with Gasteiger partial charge < -0.3 is 20.1 Å². The van der Waals surface area contributed by atoms with Crippen LogP contribution < -0.4 is 5.32 Å². The number of carboxylic acids is 1. The first-order chi connectivity index (χ1) is 10.2. The fourth-order valence-corrected chi connectivity index (χ4v) is 2.20. The molecule has 126 valence electrons. The van der Waals surface area contributed by atoms with E-state index in [0.717, 1.165) is 0 Å². The zero-order valence-corrected chi connectivity index (χ0v) is 13.6. The molecule has 0 radical (unpaired) electrons. The van der Waals surface area contributed by atoms with E-state index in [1.165, 1.54) is 0 Å². The van der Waals surface area contributed by atoms with Crippen molar-refractivity contribution in [2.75, 3.05) is 26.3 Å². The zero-order valence-electron chi connectivity index (χ0n) is 13.6. The number of nitrogens with zero attached hydrogens (tertiary/aromatic N) is 1. The monoisotopic (exact) mass is 314 g/mol. The van der Waals surface area contributed by atoms with E-state index in [0.29, 0.717) is 32.5 Å². The van der Waals surface area contributed by atoms with E-state index < -0.39 is 17.4 Å². The molecule has 7 heteroatoms. The quantitative estimate of drug-likeness (QED) is 0.701. The topological polar surface area (TPSA) is 95.9 Å². The first-order valence-electron chi connectivity index (χ1n) is 7.59. The van der Waals surface area contributed by atoms with E-state index >= 15 is 0 Å². The van der Waals surface area contributed by atoms with Crippen LogP contribution in [0, 0.1) is 5.41 Å². The Morgan fingerprint density at radius 3 is 2.59 bits per heavy atom. The van der Waals surface area contributed by atoms with E-state index in [-0.39, 0.29) is 24.8 Å². The third-order valence-electron chi connectivity index (χ3n) is 3.49. The number of rotatable bonds is 6. The number of ether oxygens (including phenoxy) is 1. The van der Waals surface area contributed by atoms with Gasteiger partial charge in [-0.2, -0.15) is 0 Å². The maximum Gasteiger partial charge on any atom is 0.305 e. The van der Waals surface area contributed by atoms with Crippen LogP contribution >= 0.6 is 0 Å².